The Kier molecular flexibility index (Phi) is 3.63. The van der Waals surface area contributed by atoms with Crippen LogP contribution in [0.25, 0.3) is 22.0 Å². The van der Waals surface area contributed by atoms with Crippen LogP contribution in [0, 0.1) is 0 Å². The van der Waals surface area contributed by atoms with E-state index in [0.29, 0.717) is 12.4 Å². The van der Waals surface area contributed by atoms with Gasteiger partial charge in [0.15, 0.2) is 5.82 Å². The zero-order valence-electron chi connectivity index (χ0n) is 12.5. The van der Waals surface area contributed by atoms with Gasteiger partial charge in [0.05, 0.1) is 16.4 Å². The monoisotopic (exact) mass is 356 g/mol. The number of H-pyrrole nitrogens is 1. The summed E-state index contributed by atoms with van der Waals surface area (Å²) in [6.45, 7) is 0.503. The summed E-state index contributed by atoms with van der Waals surface area (Å²) in [7, 11) is 0. The molecule has 0 fully saturated rings. The largest absolute Gasteiger partial charge is 0.382 e. The lowest BCUT2D eigenvalue weighted by atomic mass is 10.1. The van der Waals surface area contributed by atoms with Crippen LogP contribution in [0.4, 0.5) is 5.82 Å². The molecule has 0 unspecified atom stereocenters. The molecule has 3 N–H and O–H groups in total. The molecule has 0 amide bonds. The highest BCUT2D eigenvalue weighted by Gasteiger charge is 2.07. The van der Waals surface area contributed by atoms with E-state index < -0.39 is 0 Å². The smallest absolute Gasteiger partial charge is 0.250 e. The molecule has 24 heavy (non-hydrogen) atoms. The summed E-state index contributed by atoms with van der Waals surface area (Å²) >= 11 is 7.44. The third-order valence-corrected chi connectivity index (χ3v) is 5.08. The number of hydrogen-bond acceptors (Lipinski definition) is 4. The summed E-state index contributed by atoms with van der Waals surface area (Å²) in [5.74, 6) is 0.482. The van der Waals surface area contributed by atoms with E-state index in [1.165, 1.54) is 11.3 Å². The number of nitrogens with one attached hydrogen (secondary N) is 1. The maximum absolute atomic E-state index is 12.1. The first kappa shape index (κ1) is 15.0. The molecule has 1 aromatic carbocycles. The van der Waals surface area contributed by atoms with Gasteiger partial charge in [0.1, 0.15) is 0 Å². The Balaban J connectivity index is 1.74. The Hall–Kier alpha value is -2.57. The number of nitrogens with two attached hydrogens (primary N) is 1. The number of thiophene rings is 1. The Labute approximate surface area is 146 Å². The quantitative estimate of drug-likeness (QED) is 0.587. The number of aromatic nitrogens is 3. The number of nitrogens with zero attached hydrogens (tertiary/aromatic N) is 2. The molecule has 0 saturated heterocycles. The first-order valence-electron chi connectivity index (χ1n) is 7.29. The normalized spacial score (nSPS) is 11.2. The van der Waals surface area contributed by atoms with Gasteiger partial charge < -0.3 is 10.3 Å². The summed E-state index contributed by atoms with van der Waals surface area (Å²) in [6.07, 6.45) is 1.86. The fourth-order valence-corrected chi connectivity index (χ4v) is 3.74. The van der Waals surface area contributed by atoms with Gasteiger partial charge in [0.25, 0.3) is 5.56 Å². The first-order valence-corrected chi connectivity index (χ1v) is 8.48. The fraction of sp³-hybridized carbons (Fsp3) is 0.0588. The van der Waals surface area contributed by atoms with Crippen LogP contribution in [-0.4, -0.2) is 14.8 Å². The van der Waals surface area contributed by atoms with Crippen LogP contribution in [0.3, 0.4) is 0 Å². The number of pyridine rings is 1. The van der Waals surface area contributed by atoms with Crippen molar-refractivity contribution in [1.29, 1.82) is 0 Å². The van der Waals surface area contributed by atoms with Crippen molar-refractivity contribution in [3.63, 3.8) is 0 Å². The van der Waals surface area contributed by atoms with Crippen LogP contribution in [0.2, 0.25) is 4.34 Å². The number of rotatable bonds is 3. The molecule has 0 aliphatic rings. The molecule has 0 aliphatic carbocycles. The van der Waals surface area contributed by atoms with Gasteiger partial charge in [-0.15, -0.1) is 11.3 Å². The molecule has 7 heteroatoms. The number of nitrogen functional groups attached to an aromatic ring is 1. The minimum absolute atomic E-state index is 0.0462. The van der Waals surface area contributed by atoms with Crippen molar-refractivity contribution in [2.24, 2.45) is 0 Å². The van der Waals surface area contributed by atoms with Gasteiger partial charge >= 0.3 is 0 Å². The highest BCUT2D eigenvalue weighted by molar-refractivity contribution is 7.16. The number of anilines is 1. The molecular formula is C17H13ClN4OS. The highest BCUT2D eigenvalue weighted by atomic mass is 35.5. The van der Waals surface area contributed by atoms with Crippen molar-refractivity contribution in [2.75, 3.05) is 5.73 Å². The number of hydrogen-bond donors (Lipinski definition) is 2. The third kappa shape index (κ3) is 2.70. The molecule has 3 heterocycles. The van der Waals surface area contributed by atoms with Crippen molar-refractivity contribution in [1.82, 2.24) is 14.8 Å². The number of benzene rings is 1. The summed E-state index contributed by atoms with van der Waals surface area (Å²) in [4.78, 5) is 13.2. The van der Waals surface area contributed by atoms with Gasteiger partial charge in [-0.3, -0.25) is 9.89 Å². The fourth-order valence-electron chi connectivity index (χ4n) is 2.65. The predicted molar refractivity (Wildman–Crippen MR) is 98.6 cm³/mol. The van der Waals surface area contributed by atoms with Gasteiger partial charge in [-0.25, -0.2) is 0 Å². The zero-order valence-corrected chi connectivity index (χ0v) is 14.1. The maximum atomic E-state index is 12.1. The lowest BCUT2D eigenvalue weighted by Gasteiger charge is -2.08. The molecule has 4 rings (SSSR count). The lowest BCUT2D eigenvalue weighted by Crippen LogP contribution is -2.18. The van der Waals surface area contributed by atoms with Crippen LogP contribution >= 0.6 is 22.9 Å². The van der Waals surface area contributed by atoms with E-state index in [9.17, 15) is 4.79 Å². The number of fused-ring (bicyclic) bond motifs is 1. The summed E-state index contributed by atoms with van der Waals surface area (Å²) < 4.78 is 2.40. The Morgan fingerprint density at radius 1 is 1.17 bits per heavy atom. The molecular weight excluding hydrogens is 344 g/mol. The molecule has 0 spiro atoms. The van der Waals surface area contributed by atoms with Crippen molar-refractivity contribution in [2.45, 2.75) is 6.54 Å². The van der Waals surface area contributed by atoms with Crippen molar-refractivity contribution >= 4 is 39.7 Å². The number of halogens is 1. The Morgan fingerprint density at radius 3 is 2.79 bits per heavy atom. The van der Waals surface area contributed by atoms with Gasteiger partial charge in [-0.05, 0) is 41.5 Å². The molecule has 0 atom stereocenters. The van der Waals surface area contributed by atoms with Gasteiger partial charge in [-0.2, -0.15) is 5.10 Å². The van der Waals surface area contributed by atoms with E-state index in [1.54, 1.807) is 10.6 Å². The van der Waals surface area contributed by atoms with E-state index >= 15 is 0 Å². The standard InChI is InChI=1S/C17H13ClN4OS/c18-15-5-3-12(24-15)9-22-8-11(2-6-16(22)23)10-1-4-13-14(7-10)20-21-17(13)19/h1-8H,9H2,(H3,19,20,21). The SMILES string of the molecule is Nc1n[nH]c2cc(-c3ccc(=O)n(Cc4ccc(Cl)s4)c3)ccc12. The van der Waals surface area contributed by atoms with E-state index in [-0.39, 0.29) is 5.56 Å². The second-order valence-electron chi connectivity index (χ2n) is 5.46. The minimum atomic E-state index is -0.0462. The first-order chi connectivity index (χ1) is 11.6. The summed E-state index contributed by atoms with van der Waals surface area (Å²) in [5.41, 5.74) is 8.56. The van der Waals surface area contributed by atoms with Crippen molar-refractivity contribution < 1.29 is 0 Å². The topological polar surface area (TPSA) is 76.7 Å². The molecule has 0 bridgehead atoms. The average molecular weight is 357 g/mol. The van der Waals surface area contributed by atoms with Crippen LogP contribution < -0.4 is 11.3 Å². The predicted octanol–water partition coefficient (Wildman–Crippen LogP) is 3.74. The molecule has 0 saturated carbocycles. The van der Waals surface area contributed by atoms with Gasteiger partial charge in [-0.1, -0.05) is 17.7 Å². The van der Waals surface area contributed by atoms with E-state index in [4.69, 9.17) is 17.3 Å². The Bertz CT molecular complexity index is 1100. The minimum Gasteiger partial charge on any atom is -0.382 e. The van der Waals surface area contributed by atoms with E-state index in [1.807, 2.05) is 42.6 Å². The molecule has 5 nitrogen and oxygen atoms in total. The maximum Gasteiger partial charge on any atom is 0.250 e. The molecule has 3 aromatic heterocycles. The second kappa shape index (κ2) is 5.81. The van der Waals surface area contributed by atoms with Crippen molar-refractivity contribution in [3.8, 4) is 11.1 Å². The Morgan fingerprint density at radius 2 is 2.00 bits per heavy atom. The second-order valence-corrected chi connectivity index (χ2v) is 7.26. The number of aromatic amines is 1. The van der Waals surface area contributed by atoms with Crippen LogP contribution in [0.5, 0.6) is 0 Å². The van der Waals surface area contributed by atoms with Crippen LogP contribution in [-0.2, 0) is 6.54 Å². The third-order valence-electron chi connectivity index (χ3n) is 3.86. The van der Waals surface area contributed by atoms with E-state index in [0.717, 1.165) is 31.2 Å². The molecule has 0 aliphatic heterocycles. The van der Waals surface area contributed by atoms with Gasteiger partial charge in [0, 0.05) is 22.5 Å². The van der Waals surface area contributed by atoms with Gasteiger partial charge in [0.2, 0.25) is 0 Å². The van der Waals surface area contributed by atoms with Crippen LogP contribution in [0.15, 0.2) is 53.5 Å². The molecule has 0 radical (unpaired) electrons. The molecule has 120 valence electrons. The average Bonchev–Trinajstić information content (AvgIpc) is 3.15. The highest BCUT2D eigenvalue weighted by Crippen LogP contribution is 2.26. The summed E-state index contributed by atoms with van der Waals surface area (Å²) in [6, 6.07) is 13.1. The van der Waals surface area contributed by atoms with E-state index in [2.05, 4.69) is 10.2 Å². The molecule has 4 aromatic rings. The van der Waals surface area contributed by atoms with Crippen LogP contribution in [0.1, 0.15) is 4.88 Å². The van der Waals surface area contributed by atoms with Crippen molar-refractivity contribution in [3.05, 3.63) is 68.2 Å². The zero-order chi connectivity index (χ0) is 16.7. The lowest BCUT2D eigenvalue weighted by molar-refractivity contribution is 0.771. The summed E-state index contributed by atoms with van der Waals surface area (Å²) in [5, 5.41) is 7.81.